The Morgan fingerprint density at radius 1 is 1.69 bits per heavy atom. The summed E-state index contributed by atoms with van der Waals surface area (Å²) >= 11 is 1.98. The number of rotatable bonds is 4. The molecule has 13 heavy (non-hydrogen) atoms. The molecule has 0 aromatic rings. The van der Waals surface area contributed by atoms with E-state index in [1.165, 1.54) is 17.9 Å². The fourth-order valence-corrected chi connectivity index (χ4v) is 2.56. The molecular weight excluding hydrogens is 184 g/mol. The summed E-state index contributed by atoms with van der Waals surface area (Å²) in [5.41, 5.74) is 0. The van der Waals surface area contributed by atoms with Crippen molar-refractivity contribution in [1.82, 2.24) is 10.6 Å². The van der Waals surface area contributed by atoms with Gasteiger partial charge in [-0.2, -0.15) is 11.8 Å². The Bertz CT molecular complexity index is 169. The van der Waals surface area contributed by atoms with Gasteiger partial charge < -0.3 is 10.6 Å². The van der Waals surface area contributed by atoms with Crippen LogP contribution in [0.2, 0.25) is 0 Å². The van der Waals surface area contributed by atoms with Crippen LogP contribution < -0.4 is 10.6 Å². The predicted octanol–water partition coefficient (Wildman–Crippen LogP) is 0.464. The molecule has 2 unspecified atom stereocenters. The number of hydrogen-bond donors (Lipinski definition) is 2. The van der Waals surface area contributed by atoms with Gasteiger partial charge in [-0.1, -0.05) is 0 Å². The second kappa shape index (κ2) is 5.50. The van der Waals surface area contributed by atoms with E-state index in [9.17, 15) is 4.79 Å². The molecule has 1 fully saturated rings. The van der Waals surface area contributed by atoms with E-state index < -0.39 is 0 Å². The highest BCUT2D eigenvalue weighted by molar-refractivity contribution is 7.99. The smallest absolute Gasteiger partial charge is 0.236 e. The molecule has 4 heteroatoms. The lowest BCUT2D eigenvalue weighted by Crippen LogP contribution is -2.42. The molecule has 0 aromatic heterocycles. The average molecular weight is 202 g/mol. The fourth-order valence-electron chi connectivity index (χ4n) is 1.27. The predicted molar refractivity (Wildman–Crippen MR) is 57.0 cm³/mol. The number of carbonyl (C=O) groups excluding carboxylic acids is 1. The highest BCUT2D eigenvalue weighted by Crippen LogP contribution is 2.22. The highest BCUT2D eigenvalue weighted by atomic mass is 32.2. The van der Waals surface area contributed by atoms with Gasteiger partial charge in [0.15, 0.2) is 0 Å². The van der Waals surface area contributed by atoms with Crippen molar-refractivity contribution in [3.8, 4) is 0 Å². The molecule has 0 aliphatic carbocycles. The summed E-state index contributed by atoms with van der Waals surface area (Å²) in [5.74, 6) is 3.26. The summed E-state index contributed by atoms with van der Waals surface area (Å²) in [6.07, 6.45) is 1.25. The van der Waals surface area contributed by atoms with Crippen LogP contribution >= 0.6 is 11.8 Å². The van der Waals surface area contributed by atoms with Crippen LogP contribution in [0.3, 0.4) is 0 Å². The van der Waals surface area contributed by atoms with Crippen LogP contribution in [0.15, 0.2) is 0 Å². The quantitative estimate of drug-likeness (QED) is 0.696. The Labute approximate surface area is 84.0 Å². The van der Waals surface area contributed by atoms with E-state index in [2.05, 4.69) is 10.6 Å². The normalized spacial score (nSPS) is 24.3. The maximum atomic E-state index is 11.4. The molecular formula is C9H18N2OS. The second-order valence-electron chi connectivity index (χ2n) is 3.49. The number of hydrogen-bond acceptors (Lipinski definition) is 3. The van der Waals surface area contributed by atoms with Crippen LogP contribution in [0.25, 0.3) is 0 Å². The molecule has 2 N–H and O–H groups in total. The van der Waals surface area contributed by atoms with E-state index in [1.807, 2.05) is 18.7 Å². The molecule has 76 valence electrons. The van der Waals surface area contributed by atoms with Gasteiger partial charge in [0.05, 0.1) is 6.04 Å². The first-order valence-corrected chi connectivity index (χ1v) is 5.92. The number of carbonyl (C=O) groups is 1. The lowest BCUT2D eigenvalue weighted by atomic mass is 10.1. The third-order valence-corrected chi connectivity index (χ3v) is 3.65. The largest absolute Gasteiger partial charge is 0.354 e. The van der Waals surface area contributed by atoms with E-state index in [0.29, 0.717) is 5.92 Å². The van der Waals surface area contributed by atoms with Crippen LogP contribution in [0.5, 0.6) is 0 Å². The molecule has 0 radical (unpaired) electrons. The van der Waals surface area contributed by atoms with Crippen molar-refractivity contribution >= 4 is 17.7 Å². The zero-order valence-corrected chi connectivity index (χ0v) is 9.12. The van der Waals surface area contributed by atoms with E-state index in [-0.39, 0.29) is 11.9 Å². The van der Waals surface area contributed by atoms with Crippen molar-refractivity contribution < 1.29 is 4.79 Å². The van der Waals surface area contributed by atoms with Crippen molar-refractivity contribution in [1.29, 1.82) is 0 Å². The van der Waals surface area contributed by atoms with Crippen LogP contribution in [0.1, 0.15) is 13.3 Å². The zero-order valence-electron chi connectivity index (χ0n) is 8.30. The van der Waals surface area contributed by atoms with Gasteiger partial charge >= 0.3 is 0 Å². The standard InChI is InChI=1S/C9H18N2OS/c1-7(10-2)9(12)11-5-8-3-4-13-6-8/h7-8,10H,3-6H2,1-2H3,(H,11,12). The summed E-state index contributed by atoms with van der Waals surface area (Å²) in [7, 11) is 1.80. The summed E-state index contributed by atoms with van der Waals surface area (Å²) in [5, 5.41) is 5.88. The van der Waals surface area contributed by atoms with Crippen molar-refractivity contribution in [3.05, 3.63) is 0 Å². The molecule has 0 bridgehead atoms. The van der Waals surface area contributed by atoms with Gasteiger partial charge in [0, 0.05) is 6.54 Å². The van der Waals surface area contributed by atoms with E-state index in [4.69, 9.17) is 0 Å². The second-order valence-corrected chi connectivity index (χ2v) is 4.63. The summed E-state index contributed by atoms with van der Waals surface area (Å²) in [6, 6.07) is -0.0749. The third kappa shape index (κ3) is 3.56. The van der Waals surface area contributed by atoms with Gasteiger partial charge in [0.25, 0.3) is 0 Å². The molecule has 2 atom stereocenters. The summed E-state index contributed by atoms with van der Waals surface area (Å²) < 4.78 is 0. The lowest BCUT2D eigenvalue weighted by Gasteiger charge is -2.13. The lowest BCUT2D eigenvalue weighted by molar-refractivity contribution is -0.122. The average Bonchev–Trinajstić information content (AvgIpc) is 2.65. The van der Waals surface area contributed by atoms with Crippen LogP contribution in [0, 0.1) is 5.92 Å². The Kier molecular flexibility index (Phi) is 4.59. The molecule has 1 saturated heterocycles. The highest BCUT2D eigenvalue weighted by Gasteiger charge is 2.17. The fraction of sp³-hybridized carbons (Fsp3) is 0.889. The van der Waals surface area contributed by atoms with E-state index >= 15 is 0 Å². The Morgan fingerprint density at radius 3 is 3.00 bits per heavy atom. The molecule has 1 aliphatic rings. The molecule has 3 nitrogen and oxygen atoms in total. The molecule has 1 amide bonds. The third-order valence-electron chi connectivity index (χ3n) is 2.42. The number of thioether (sulfide) groups is 1. The number of likely N-dealkylation sites (N-methyl/N-ethyl adjacent to an activating group) is 1. The van der Waals surface area contributed by atoms with Gasteiger partial charge in [-0.25, -0.2) is 0 Å². The molecule has 0 aromatic carbocycles. The van der Waals surface area contributed by atoms with Crippen LogP contribution in [-0.4, -0.2) is 37.0 Å². The molecule has 1 heterocycles. The minimum Gasteiger partial charge on any atom is -0.354 e. The van der Waals surface area contributed by atoms with Gasteiger partial charge in [0.2, 0.25) is 5.91 Å². The number of amides is 1. The Hall–Kier alpha value is -0.220. The van der Waals surface area contributed by atoms with Crippen molar-refractivity contribution in [2.24, 2.45) is 5.92 Å². The van der Waals surface area contributed by atoms with Crippen LogP contribution in [-0.2, 0) is 4.79 Å². The maximum Gasteiger partial charge on any atom is 0.236 e. The van der Waals surface area contributed by atoms with Gasteiger partial charge in [-0.3, -0.25) is 4.79 Å². The molecule has 1 rings (SSSR count). The first-order valence-electron chi connectivity index (χ1n) is 4.76. The van der Waals surface area contributed by atoms with E-state index in [1.54, 1.807) is 7.05 Å². The minimum absolute atomic E-state index is 0.0749. The van der Waals surface area contributed by atoms with Crippen LogP contribution in [0.4, 0.5) is 0 Å². The Morgan fingerprint density at radius 2 is 2.46 bits per heavy atom. The summed E-state index contributed by atoms with van der Waals surface area (Å²) in [6.45, 7) is 2.72. The zero-order chi connectivity index (χ0) is 9.68. The summed E-state index contributed by atoms with van der Waals surface area (Å²) in [4.78, 5) is 11.4. The first-order chi connectivity index (χ1) is 6.24. The van der Waals surface area contributed by atoms with Crippen molar-refractivity contribution in [2.45, 2.75) is 19.4 Å². The van der Waals surface area contributed by atoms with Gasteiger partial charge in [0.1, 0.15) is 0 Å². The van der Waals surface area contributed by atoms with Crippen molar-refractivity contribution in [2.75, 3.05) is 25.1 Å². The van der Waals surface area contributed by atoms with E-state index in [0.717, 1.165) is 6.54 Å². The number of nitrogens with one attached hydrogen (secondary N) is 2. The topological polar surface area (TPSA) is 41.1 Å². The minimum atomic E-state index is -0.0749. The first kappa shape index (κ1) is 10.9. The van der Waals surface area contributed by atoms with Gasteiger partial charge in [-0.15, -0.1) is 0 Å². The molecule has 0 spiro atoms. The maximum absolute atomic E-state index is 11.4. The van der Waals surface area contributed by atoms with Crippen molar-refractivity contribution in [3.63, 3.8) is 0 Å². The Balaban J connectivity index is 2.13. The molecule has 1 aliphatic heterocycles. The molecule has 0 saturated carbocycles. The van der Waals surface area contributed by atoms with Gasteiger partial charge in [-0.05, 0) is 37.8 Å². The monoisotopic (exact) mass is 202 g/mol. The SMILES string of the molecule is CNC(C)C(=O)NCC1CCSC1.